The first-order valence-corrected chi connectivity index (χ1v) is 7.84. The van der Waals surface area contributed by atoms with Crippen molar-refractivity contribution in [1.29, 1.82) is 0 Å². The van der Waals surface area contributed by atoms with Gasteiger partial charge in [0.25, 0.3) is 5.91 Å². The van der Waals surface area contributed by atoms with E-state index in [0.717, 1.165) is 0 Å². The maximum atomic E-state index is 12.3. The van der Waals surface area contributed by atoms with Crippen LogP contribution >= 0.6 is 0 Å². The molecule has 0 heterocycles. The molecule has 0 aliphatic carbocycles. The standard InChI is InChI=1S/C15H15NO6S/c1-20-10-3-6-12(7-4-10)23(18,19)22-14-9-11(21-2)5-8-13(14)15(16)17/h3-9H,1-2H3,(H2,16,17). The van der Waals surface area contributed by atoms with Gasteiger partial charge in [-0.15, -0.1) is 0 Å². The number of methoxy groups -OCH3 is 2. The zero-order chi connectivity index (χ0) is 17.0. The minimum Gasteiger partial charge on any atom is -0.497 e. The molecule has 0 aliphatic heterocycles. The molecule has 7 nitrogen and oxygen atoms in total. The minimum atomic E-state index is -4.14. The van der Waals surface area contributed by atoms with E-state index in [1.165, 1.54) is 56.7 Å². The van der Waals surface area contributed by atoms with Crippen LogP contribution in [0.1, 0.15) is 10.4 Å². The molecule has 23 heavy (non-hydrogen) atoms. The summed E-state index contributed by atoms with van der Waals surface area (Å²) in [5.74, 6) is -0.182. The fourth-order valence-electron chi connectivity index (χ4n) is 1.81. The molecule has 2 N–H and O–H groups in total. The van der Waals surface area contributed by atoms with Crippen LogP contribution in [0.5, 0.6) is 17.2 Å². The topological polar surface area (TPSA) is 105 Å². The van der Waals surface area contributed by atoms with Gasteiger partial charge in [-0.1, -0.05) is 0 Å². The summed E-state index contributed by atoms with van der Waals surface area (Å²) in [5.41, 5.74) is 5.16. The average molecular weight is 337 g/mol. The highest BCUT2D eigenvalue weighted by molar-refractivity contribution is 7.87. The Balaban J connectivity index is 2.41. The van der Waals surface area contributed by atoms with E-state index in [9.17, 15) is 13.2 Å². The number of hydrogen-bond donors (Lipinski definition) is 1. The largest absolute Gasteiger partial charge is 0.497 e. The summed E-state index contributed by atoms with van der Waals surface area (Å²) in [6.45, 7) is 0. The third kappa shape index (κ3) is 3.72. The van der Waals surface area contributed by atoms with E-state index >= 15 is 0 Å². The second kappa shape index (κ2) is 6.57. The fraction of sp³-hybridized carbons (Fsp3) is 0.133. The molecule has 0 fully saturated rings. The van der Waals surface area contributed by atoms with E-state index in [-0.39, 0.29) is 16.2 Å². The van der Waals surface area contributed by atoms with Crippen molar-refractivity contribution in [1.82, 2.24) is 0 Å². The SMILES string of the molecule is COc1ccc(S(=O)(=O)Oc2cc(OC)ccc2C(N)=O)cc1. The van der Waals surface area contributed by atoms with E-state index in [1.54, 1.807) is 0 Å². The molecule has 0 unspecified atom stereocenters. The second-order valence-electron chi connectivity index (χ2n) is 4.44. The van der Waals surface area contributed by atoms with Gasteiger partial charge in [-0.05, 0) is 36.4 Å². The molecule has 1 amide bonds. The van der Waals surface area contributed by atoms with Crippen LogP contribution in [0.4, 0.5) is 0 Å². The molecule has 0 saturated heterocycles. The first kappa shape index (κ1) is 16.6. The summed E-state index contributed by atoms with van der Waals surface area (Å²) in [4.78, 5) is 11.3. The number of nitrogens with two attached hydrogens (primary N) is 1. The van der Waals surface area contributed by atoms with Crippen LogP contribution in [0, 0.1) is 0 Å². The summed E-state index contributed by atoms with van der Waals surface area (Å²) in [5, 5.41) is 0. The number of benzene rings is 2. The summed E-state index contributed by atoms with van der Waals surface area (Å²) in [6, 6.07) is 9.72. The Hall–Kier alpha value is -2.74. The number of carbonyl (C=O) groups excluding carboxylic acids is 1. The van der Waals surface area contributed by atoms with Crippen LogP contribution in [0.15, 0.2) is 47.4 Å². The monoisotopic (exact) mass is 337 g/mol. The molecule has 0 spiro atoms. The van der Waals surface area contributed by atoms with Crippen LogP contribution in [0.25, 0.3) is 0 Å². The van der Waals surface area contributed by atoms with E-state index in [4.69, 9.17) is 19.4 Å². The first-order valence-electron chi connectivity index (χ1n) is 6.44. The molecule has 0 bridgehead atoms. The molecule has 8 heteroatoms. The van der Waals surface area contributed by atoms with Crippen molar-refractivity contribution in [3.8, 4) is 17.2 Å². The van der Waals surface area contributed by atoms with Gasteiger partial charge >= 0.3 is 10.1 Å². The molecule has 122 valence electrons. The molecule has 0 atom stereocenters. The van der Waals surface area contributed by atoms with Crippen molar-refractivity contribution in [3.63, 3.8) is 0 Å². The van der Waals surface area contributed by atoms with E-state index in [2.05, 4.69) is 0 Å². The Kier molecular flexibility index (Phi) is 4.75. The Bertz CT molecular complexity index is 814. The number of primary amides is 1. The summed E-state index contributed by atoms with van der Waals surface area (Å²) < 4.78 is 39.7. The van der Waals surface area contributed by atoms with Gasteiger partial charge in [0, 0.05) is 6.07 Å². The van der Waals surface area contributed by atoms with Gasteiger partial charge in [-0.3, -0.25) is 4.79 Å². The van der Waals surface area contributed by atoms with Gasteiger partial charge in [0.1, 0.15) is 16.4 Å². The molecule has 2 rings (SSSR count). The summed E-state index contributed by atoms with van der Waals surface area (Å²) >= 11 is 0. The van der Waals surface area contributed by atoms with Crippen LogP contribution < -0.4 is 19.4 Å². The molecule has 2 aromatic rings. The Morgan fingerprint density at radius 3 is 2.04 bits per heavy atom. The zero-order valence-electron chi connectivity index (χ0n) is 12.5. The quantitative estimate of drug-likeness (QED) is 0.802. The molecule has 0 aliphatic rings. The highest BCUT2D eigenvalue weighted by atomic mass is 32.2. The Morgan fingerprint density at radius 1 is 0.957 bits per heavy atom. The van der Waals surface area contributed by atoms with Crippen molar-refractivity contribution in [2.75, 3.05) is 14.2 Å². The van der Waals surface area contributed by atoms with Crippen molar-refractivity contribution in [3.05, 3.63) is 48.0 Å². The van der Waals surface area contributed by atoms with Crippen molar-refractivity contribution < 1.29 is 26.9 Å². The molecular weight excluding hydrogens is 322 g/mol. The van der Waals surface area contributed by atoms with Gasteiger partial charge < -0.3 is 19.4 Å². The lowest BCUT2D eigenvalue weighted by atomic mass is 10.2. The lowest BCUT2D eigenvalue weighted by Crippen LogP contribution is -2.16. The minimum absolute atomic E-state index is 0.0668. The molecule has 0 saturated carbocycles. The van der Waals surface area contributed by atoms with Gasteiger partial charge in [-0.25, -0.2) is 0 Å². The third-order valence-electron chi connectivity index (χ3n) is 3.00. The number of carbonyl (C=O) groups is 1. The van der Waals surface area contributed by atoms with E-state index in [0.29, 0.717) is 11.5 Å². The average Bonchev–Trinajstić information content (AvgIpc) is 2.54. The number of rotatable bonds is 6. The van der Waals surface area contributed by atoms with E-state index in [1.807, 2.05) is 0 Å². The van der Waals surface area contributed by atoms with Gasteiger partial charge in [0.2, 0.25) is 0 Å². The number of amides is 1. The predicted octanol–water partition coefficient (Wildman–Crippen LogP) is 1.57. The maximum Gasteiger partial charge on any atom is 0.339 e. The van der Waals surface area contributed by atoms with Crippen LogP contribution in [0.3, 0.4) is 0 Å². The zero-order valence-corrected chi connectivity index (χ0v) is 13.3. The van der Waals surface area contributed by atoms with Crippen molar-refractivity contribution in [2.45, 2.75) is 4.90 Å². The highest BCUT2D eigenvalue weighted by Crippen LogP contribution is 2.28. The second-order valence-corrected chi connectivity index (χ2v) is 5.99. The van der Waals surface area contributed by atoms with Crippen LogP contribution in [-0.4, -0.2) is 28.5 Å². The highest BCUT2D eigenvalue weighted by Gasteiger charge is 2.21. The lowest BCUT2D eigenvalue weighted by molar-refractivity contribution is 0.0999. The van der Waals surface area contributed by atoms with Gasteiger partial charge in [0.05, 0.1) is 19.8 Å². The molecule has 0 aromatic heterocycles. The fourth-order valence-corrected chi connectivity index (χ4v) is 2.75. The first-order chi connectivity index (χ1) is 10.9. The van der Waals surface area contributed by atoms with Gasteiger partial charge in [0.15, 0.2) is 5.75 Å². The Morgan fingerprint density at radius 2 is 1.52 bits per heavy atom. The number of hydrogen-bond acceptors (Lipinski definition) is 6. The smallest absolute Gasteiger partial charge is 0.339 e. The maximum absolute atomic E-state index is 12.3. The Labute approximate surface area is 133 Å². The lowest BCUT2D eigenvalue weighted by Gasteiger charge is -2.11. The van der Waals surface area contributed by atoms with Crippen molar-refractivity contribution in [2.24, 2.45) is 5.73 Å². The summed E-state index contributed by atoms with van der Waals surface area (Å²) in [7, 11) is -1.27. The normalized spacial score (nSPS) is 10.9. The van der Waals surface area contributed by atoms with Crippen LogP contribution in [-0.2, 0) is 10.1 Å². The van der Waals surface area contributed by atoms with E-state index < -0.39 is 16.0 Å². The predicted molar refractivity (Wildman–Crippen MR) is 82.3 cm³/mol. The molecular formula is C15H15NO6S. The van der Waals surface area contributed by atoms with Crippen molar-refractivity contribution >= 4 is 16.0 Å². The summed E-state index contributed by atoms with van der Waals surface area (Å²) in [6.07, 6.45) is 0. The molecule has 2 aromatic carbocycles. The van der Waals surface area contributed by atoms with Gasteiger partial charge in [-0.2, -0.15) is 8.42 Å². The third-order valence-corrected chi connectivity index (χ3v) is 4.25. The van der Waals surface area contributed by atoms with Crippen LogP contribution in [0.2, 0.25) is 0 Å². The molecule has 0 radical (unpaired) electrons. The number of ether oxygens (including phenoxy) is 2.